The monoisotopic (exact) mass is 289 g/mol. The van der Waals surface area contributed by atoms with E-state index >= 15 is 0 Å². The second-order valence-corrected chi connectivity index (χ2v) is 6.25. The van der Waals surface area contributed by atoms with Gasteiger partial charge in [0, 0.05) is 19.1 Å². The van der Waals surface area contributed by atoms with Crippen molar-refractivity contribution >= 4 is 11.6 Å². The Hall–Kier alpha value is -1.58. The molecular weight excluding hydrogens is 262 g/mol. The first kappa shape index (κ1) is 15.8. The fraction of sp³-hybridized carbons (Fsp3) is 0.647. The fourth-order valence-corrected chi connectivity index (χ4v) is 2.98. The van der Waals surface area contributed by atoms with Gasteiger partial charge in [-0.2, -0.15) is 0 Å². The molecule has 1 heterocycles. The molecule has 1 saturated carbocycles. The summed E-state index contributed by atoms with van der Waals surface area (Å²) in [5.74, 6) is 0.564. The van der Waals surface area contributed by atoms with Gasteiger partial charge < -0.3 is 10.2 Å². The lowest BCUT2D eigenvalue weighted by atomic mass is 10.1. The third kappa shape index (κ3) is 4.19. The summed E-state index contributed by atoms with van der Waals surface area (Å²) in [6.45, 7) is 8.05. The highest BCUT2D eigenvalue weighted by Gasteiger charge is 2.28. The number of aromatic nitrogens is 1. The smallest absolute Gasteiger partial charge is 0.272 e. The van der Waals surface area contributed by atoms with Crippen LogP contribution in [0.1, 0.15) is 56.9 Å². The molecule has 0 spiro atoms. The highest BCUT2D eigenvalue weighted by atomic mass is 16.2. The first-order chi connectivity index (χ1) is 10.1. The lowest BCUT2D eigenvalue weighted by Crippen LogP contribution is -2.41. The Morgan fingerprint density at radius 2 is 2.10 bits per heavy atom. The van der Waals surface area contributed by atoms with Crippen molar-refractivity contribution in [3.8, 4) is 0 Å². The van der Waals surface area contributed by atoms with Crippen molar-refractivity contribution in [2.45, 2.75) is 52.5 Å². The number of hydrogen-bond acceptors (Lipinski definition) is 3. The van der Waals surface area contributed by atoms with E-state index in [2.05, 4.69) is 24.1 Å². The van der Waals surface area contributed by atoms with Crippen LogP contribution in [0.5, 0.6) is 0 Å². The van der Waals surface area contributed by atoms with Gasteiger partial charge in [0.15, 0.2) is 0 Å². The van der Waals surface area contributed by atoms with Gasteiger partial charge in [-0.1, -0.05) is 26.7 Å². The van der Waals surface area contributed by atoms with E-state index in [0.717, 1.165) is 31.6 Å². The van der Waals surface area contributed by atoms with Crippen molar-refractivity contribution in [3.05, 3.63) is 24.0 Å². The van der Waals surface area contributed by atoms with Gasteiger partial charge in [-0.15, -0.1) is 0 Å². The van der Waals surface area contributed by atoms with Crippen molar-refractivity contribution < 1.29 is 4.79 Å². The zero-order valence-electron chi connectivity index (χ0n) is 13.4. The van der Waals surface area contributed by atoms with Gasteiger partial charge in [-0.25, -0.2) is 4.98 Å². The maximum absolute atomic E-state index is 12.8. The minimum Gasteiger partial charge on any atom is -0.384 e. The lowest BCUT2D eigenvalue weighted by Gasteiger charge is -2.30. The molecule has 0 bridgehead atoms. The first-order valence-electron chi connectivity index (χ1n) is 8.12. The molecule has 4 heteroatoms. The van der Waals surface area contributed by atoms with Crippen molar-refractivity contribution in [1.29, 1.82) is 0 Å². The molecule has 0 aromatic carbocycles. The van der Waals surface area contributed by atoms with Gasteiger partial charge in [0.1, 0.15) is 5.69 Å². The number of rotatable bonds is 6. The molecule has 1 aromatic heterocycles. The Morgan fingerprint density at radius 1 is 1.38 bits per heavy atom. The Bertz CT molecular complexity index is 450. The Morgan fingerprint density at radius 3 is 2.62 bits per heavy atom. The first-order valence-corrected chi connectivity index (χ1v) is 8.12. The second kappa shape index (κ2) is 7.43. The number of amides is 1. The number of nitrogens with one attached hydrogen (secondary N) is 1. The Balaban J connectivity index is 2.12. The largest absolute Gasteiger partial charge is 0.384 e. The number of carbonyl (C=O) groups excluding carboxylic acids is 1. The third-order valence-corrected chi connectivity index (χ3v) is 3.95. The zero-order chi connectivity index (χ0) is 15.2. The molecule has 1 aliphatic carbocycles. The number of carbonyl (C=O) groups is 1. The highest BCUT2D eigenvalue weighted by Crippen LogP contribution is 2.25. The molecule has 0 unspecified atom stereocenters. The minimum atomic E-state index is 0.0821. The van der Waals surface area contributed by atoms with Crippen LogP contribution in [0.15, 0.2) is 18.3 Å². The molecule has 1 fully saturated rings. The third-order valence-electron chi connectivity index (χ3n) is 3.95. The van der Waals surface area contributed by atoms with E-state index in [0.29, 0.717) is 17.7 Å². The summed E-state index contributed by atoms with van der Waals surface area (Å²) >= 11 is 0. The molecule has 0 saturated heterocycles. The molecular formula is C17H27N3O. The predicted octanol–water partition coefficient (Wildman–Crippen LogP) is 3.55. The normalized spacial score (nSPS) is 15.4. The molecule has 0 atom stereocenters. The summed E-state index contributed by atoms with van der Waals surface area (Å²) in [6.07, 6.45) is 6.49. The molecule has 2 rings (SSSR count). The molecule has 4 nitrogen and oxygen atoms in total. The molecule has 0 radical (unpaired) electrons. The Kier molecular flexibility index (Phi) is 5.59. The summed E-state index contributed by atoms with van der Waals surface area (Å²) in [5, 5.41) is 3.20. The summed E-state index contributed by atoms with van der Waals surface area (Å²) in [5.41, 5.74) is 1.52. The van der Waals surface area contributed by atoms with E-state index in [4.69, 9.17) is 0 Å². The fourth-order valence-electron chi connectivity index (χ4n) is 2.98. The van der Waals surface area contributed by atoms with Crippen LogP contribution in [-0.4, -0.2) is 34.9 Å². The molecule has 116 valence electrons. The molecule has 1 amide bonds. The topological polar surface area (TPSA) is 45.2 Å². The van der Waals surface area contributed by atoms with Gasteiger partial charge in [-0.3, -0.25) is 4.79 Å². The van der Waals surface area contributed by atoms with E-state index in [9.17, 15) is 4.79 Å². The lowest BCUT2D eigenvalue weighted by molar-refractivity contribution is 0.0649. The predicted molar refractivity (Wildman–Crippen MR) is 86.5 cm³/mol. The highest BCUT2D eigenvalue weighted by molar-refractivity contribution is 5.92. The van der Waals surface area contributed by atoms with Crippen molar-refractivity contribution in [3.63, 3.8) is 0 Å². The summed E-state index contributed by atoms with van der Waals surface area (Å²) < 4.78 is 0. The molecule has 1 aromatic rings. The summed E-state index contributed by atoms with van der Waals surface area (Å²) in [7, 11) is 0. The standard InChI is InChI=1S/C17H27N3O/c1-4-18-14-9-10-16(19-11-14)17(21)20(12-13(2)3)15-7-5-6-8-15/h9-11,13,15,18H,4-8,12H2,1-3H3. The van der Waals surface area contributed by atoms with Crippen LogP contribution in [0, 0.1) is 5.92 Å². The molecule has 21 heavy (non-hydrogen) atoms. The number of hydrogen-bond donors (Lipinski definition) is 1. The minimum absolute atomic E-state index is 0.0821. The van der Waals surface area contributed by atoms with Crippen LogP contribution in [0.4, 0.5) is 5.69 Å². The average Bonchev–Trinajstić information content (AvgIpc) is 2.99. The van der Waals surface area contributed by atoms with E-state index in [1.165, 1.54) is 12.8 Å². The van der Waals surface area contributed by atoms with Gasteiger partial charge in [0.25, 0.3) is 5.91 Å². The molecule has 0 aliphatic heterocycles. The van der Waals surface area contributed by atoms with Crippen LogP contribution in [0.3, 0.4) is 0 Å². The maximum atomic E-state index is 12.8. The van der Waals surface area contributed by atoms with E-state index in [1.807, 2.05) is 24.0 Å². The van der Waals surface area contributed by atoms with E-state index in [1.54, 1.807) is 6.20 Å². The van der Waals surface area contributed by atoms with Crippen LogP contribution in [-0.2, 0) is 0 Å². The van der Waals surface area contributed by atoms with Crippen molar-refractivity contribution in [2.24, 2.45) is 5.92 Å². The Labute approximate surface area is 127 Å². The SMILES string of the molecule is CCNc1ccc(C(=O)N(CC(C)C)C2CCCC2)nc1. The second-order valence-electron chi connectivity index (χ2n) is 6.25. The van der Waals surface area contributed by atoms with Crippen molar-refractivity contribution in [2.75, 3.05) is 18.4 Å². The zero-order valence-corrected chi connectivity index (χ0v) is 13.4. The van der Waals surface area contributed by atoms with Crippen LogP contribution in [0.25, 0.3) is 0 Å². The van der Waals surface area contributed by atoms with Gasteiger partial charge in [0.05, 0.1) is 11.9 Å². The van der Waals surface area contributed by atoms with E-state index < -0.39 is 0 Å². The molecule has 1 aliphatic rings. The van der Waals surface area contributed by atoms with Crippen LogP contribution >= 0.6 is 0 Å². The van der Waals surface area contributed by atoms with Crippen molar-refractivity contribution in [1.82, 2.24) is 9.88 Å². The number of nitrogens with zero attached hydrogens (tertiary/aromatic N) is 2. The van der Waals surface area contributed by atoms with Gasteiger partial charge >= 0.3 is 0 Å². The average molecular weight is 289 g/mol. The van der Waals surface area contributed by atoms with E-state index in [-0.39, 0.29) is 5.91 Å². The molecule has 1 N–H and O–H groups in total. The van der Waals surface area contributed by atoms with Gasteiger partial charge in [0.2, 0.25) is 0 Å². The summed E-state index contributed by atoms with van der Waals surface area (Å²) in [6, 6.07) is 4.17. The van der Waals surface area contributed by atoms with Crippen LogP contribution in [0.2, 0.25) is 0 Å². The maximum Gasteiger partial charge on any atom is 0.272 e. The summed E-state index contributed by atoms with van der Waals surface area (Å²) in [4.78, 5) is 19.2. The van der Waals surface area contributed by atoms with Gasteiger partial charge in [-0.05, 0) is 37.8 Å². The van der Waals surface area contributed by atoms with Crippen LogP contribution < -0.4 is 5.32 Å². The quantitative estimate of drug-likeness (QED) is 0.871. The number of pyridine rings is 1. The number of anilines is 1.